The summed E-state index contributed by atoms with van der Waals surface area (Å²) in [7, 11) is 3.11. The highest BCUT2D eigenvalue weighted by Gasteiger charge is 2.34. The molecule has 3 aliphatic heterocycles. The third-order valence-electron chi connectivity index (χ3n) is 8.33. The topological polar surface area (TPSA) is 128 Å². The van der Waals surface area contributed by atoms with Crippen molar-refractivity contribution in [3.8, 4) is 23.0 Å². The minimum absolute atomic E-state index is 0.0558. The molecular formula is C35H42N4O7. The van der Waals surface area contributed by atoms with Gasteiger partial charge < -0.3 is 34.5 Å². The molecule has 3 aliphatic rings. The van der Waals surface area contributed by atoms with E-state index in [1.807, 2.05) is 41.4 Å². The van der Waals surface area contributed by atoms with Crippen LogP contribution in [0.15, 0.2) is 60.9 Å². The Kier molecular flexibility index (Phi) is 11.3. The molecule has 4 bridgehead atoms. The van der Waals surface area contributed by atoms with Gasteiger partial charge in [-0.15, -0.1) is 0 Å². The Bertz CT molecular complexity index is 1500. The second kappa shape index (κ2) is 16.0. The summed E-state index contributed by atoms with van der Waals surface area (Å²) in [6.45, 7) is 0.882. The monoisotopic (exact) mass is 630 g/mol. The Labute approximate surface area is 269 Å². The number of amides is 3. The standard InChI is InChI=1S/C35H42N4O7/c1-43-30-13-9-24-10-14-33(40)37-21-26-11-12-27(19-31(26)44-2)46-29-15-17-39(22-28(29)38-34(41)23-45-32(30)18-24)35(42)8-4-3-6-25-7-5-16-36-20-25/h5,7,9,11-13,16,18-20,28-29H,3-4,6,8,10,14-15,17,21-23H2,1-2H3,(H,37,40)(H,38,41)/t28-,29+/m1/s1. The van der Waals surface area contributed by atoms with Gasteiger partial charge in [0.1, 0.15) is 17.6 Å². The SMILES string of the molecule is COc1cc2ccc1CNC(=O)CCc1ccc(OC)c(c1)OCC(=O)N[C@@H]1CN(C(=O)CCCCc3cccnc3)CC[C@@H]1O2. The van der Waals surface area contributed by atoms with Crippen molar-refractivity contribution in [3.05, 3.63) is 77.6 Å². The van der Waals surface area contributed by atoms with E-state index in [-0.39, 0.29) is 30.7 Å². The summed E-state index contributed by atoms with van der Waals surface area (Å²) < 4.78 is 23.4. The number of rotatable bonds is 7. The molecule has 11 nitrogen and oxygen atoms in total. The quantitative estimate of drug-likeness (QED) is 0.379. The number of carbonyl (C=O) groups excluding carboxylic acids is 3. The van der Waals surface area contributed by atoms with E-state index in [4.69, 9.17) is 18.9 Å². The van der Waals surface area contributed by atoms with Gasteiger partial charge in [-0.3, -0.25) is 19.4 Å². The van der Waals surface area contributed by atoms with Crippen LogP contribution < -0.4 is 29.6 Å². The van der Waals surface area contributed by atoms with Crippen LogP contribution in [0.2, 0.25) is 0 Å². The molecule has 11 heteroatoms. The molecule has 0 radical (unpaired) electrons. The van der Waals surface area contributed by atoms with Crippen LogP contribution in [0.1, 0.15) is 48.8 Å². The zero-order valence-electron chi connectivity index (χ0n) is 26.5. The number of likely N-dealkylation sites (tertiary alicyclic amines) is 1. The highest BCUT2D eigenvalue weighted by atomic mass is 16.5. The molecule has 3 amide bonds. The third-order valence-corrected chi connectivity index (χ3v) is 8.33. The number of hydrogen-bond donors (Lipinski definition) is 2. The lowest BCUT2D eigenvalue weighted by molar-refractivity contribution is -0.135. The molecule has 0 saturated carbocycles. The third kappa shape index (κ3) is 8.89. The zero-order chi connectivity index (χ0) is 32.3. The average Bonchev–Trinajstić information content (AvgIpc) is 3.08. The van der Waals surface area contributed by atoms with Crippen molar-refractivity contribution in [2.45, 2.75) is 63.6 Å². The fraction of sp³-hybridized carbons (Fsp3) is 0.429. The molecule has 46 heavy (non-hydrogen) atoms. The van der Waals surface area contributed by atoms with Crippen LogP contribution in [0, 0.1) is 0 Å². The summed E-state index contributed by atoms with van der Waals surface area (Å²) in [5.74, 6) is 1.66. The van der Waals surface area contributed by atoms with Gasteiger partial charge in [-0.1, -0.05) is 12.1 Å². The predicted molar refractivity (Wildman–Crippen MR) is 171 cm³/mol. The number of aryl methyl sites for hydroxylation is 2. The largest absolute Gasteiger partial charge is 0.496 e. The van der Waals surface area contributed by atoms with Crippen molar-refractivity contribution in [3.63, 3.8) is 0 Å². The van der Waals surface area contributed by atoms with E-state index < -0.39 is 12.1 Å². The van der Waals surface area contributed by atoms with Gasteiger partial charge in [0.05, 0.1) is 20.3 Å². The first kappa shape index (κ1) is 32.6. The van der Waals surface area contributed by atoms with E-state index in [2.05, 4.69) is 15.6 Å². The summed E-state index contributed by atoms with van der Waals surface area (Å²) in [6, 6.07) is 14.4. The lowest BCUT2D eigenvalue weighted by Gasteiger charge is -2.39. The van der Waals surface area contributed by atoms with E-state index in [1.54, 1.807) is 31.5 Å². The van der Waals surface area contributed by atoms with Crippen LogP contribution in [0.5, 0.6) is 23.0 Å². The van der Waals surface area contributed by atoms with Crippen LogP contribution in [-0.4, -0.2) is 73.7 Å². The fourth-order valence-corrected chi connectivity index (χ4v) is 5.79. The molecule has 2 N–H and O–H groups in total. The van der Waals surface area contributed by atoms with Gasteiger partial charge in [0.15, 0.2) is 18.1 Å². The van der Waals surface area contributed by atoms with Gasteiger partial charge in [-0.05, 0) is 67.1 Å². The molecule has 3 aromatic rings. The van der Waals surface area contributed by atoms with Crippen molar-refractivity contribution in [2.24, 2.45) is 0 Å². The van der Waals surface area contributed by atoms with Crippen LogP contribution in [0.3, 0.4) is 0 Å². The van der Waals surface area contributed by atoms with Crippen molar-refractivity contribution in [1.82, 2.24) is 20.5 Å². The summed E-state index contributed by atoms with van der Waals surface area (Å²) >= 11 is 0. The van der Waals surface area contributed by atoms with E-state index >= 15 is 0 Å². The minimum Gasteiger partial charge on any atom is -0.496 e. The Balaban J connectivity index is 1.31. The smallest absolute Gasteiger partial charge is 0.258 e. The van der Waals surface area contributed by atoms with E-state index in [9.17, 15) is 14.4 Å². The number of aromatic nitrogens is 1. The van der Waals surface area contributed by atoms with E-state index in [0.29, 0.717) is 61.9 Å². The van der Waals surface area contributed by atoms with Crippen molar-refractivity contribution in [2.75, 3.05) is 33.9 Å². The Hall–Kier alpha value is -4.80. The number of hydrogen-bond acceptors (Lipinski definition) is 8. The van der Waals surface area contributed by atoms with Crippen LogP contribution in [0.25, 0.3) is 0 Å². The van der Waals surface area contributed by atoms with Gasteiger partial charge in [0.25, 0.3) is 5.91 Å². The molecule has 244 valence electrons. The number of nitrogens with one attached hydrogen (secondary N) is 2. The molecule has 0 unspecified atom stereocenters. The maximum absolute atomic E-state index is 13.2. The molecule has 4 heterocycles. The summed E-state index contributed by atoms with van der Waals surface area (Å²) in [4.78, 5) is 45.1. The fourth-order valence-electron chi connectivity index (χ4n) is 5.79. The Morgan fingerprint density at radius 2 is 1.89 bits per heavy atom. The predicted octanol–water partition coefficient (Wildman–Crippen LogP) is 3.62. The molecule has 0 aliphatic carbocycles. The highest BCUT2D eigenvalue weighted by Crippen LogP contribution is 2.30. The number of benzene rings is 2. The second-order valence-electron chi connectivity index (χ2n) is 11.6. The molecule has 2 aromatic carbocycles. The Morgan fingerprint density at radius 1 is 1.02 bits per heavy atom. The maximum atomic E-state index is 13.2. The lowest BCUT2D eigenvalue weighted by Crippen LogP contribution is -2.58. The van der Waals surface area contributed by atoms with Gasteiger partial charge in [-0.2, -0.15) is 0 Å². The number of piperidine rings is 1. The first-order valence-corrected chi connectivity index (χ1v) is 15.8. The van der Waals surface area contributed by atoms with Gasteiger partial charge in [0, 0.05) is 62.9 Å². The van der Waals surface area contributed by atoms with Crippen molar-refractivity contribution < 1.29 is 33.3 Å². The zero-order valence-corrected chi connectivity index (χ0v) is 26.5. The minimum atomic E-state index is -0.468. The van der Waals surface area contributed by atoms with Crippen LogP contribution in [-0.2, 0) is 33.8 Å². The number of ether oxygens (including phenoxy) is 4. The average molecular weight is 631 g/mol. The molecule has 1 saturated heterocycles. The number of unbranched alkanes of at least 4 members (excludes halogenated alkanes) is 1. The molecule has 1 fully saturated rings. The number of pyridine rings is 1. The summed E-state index contributed by atoms with van der Waals surface area (Å²) in [5, 5.41) is 6.02. The van der Waals surface area contributed by atoms with Gasteiger partial charge in [0.2, 0.25) is 11.8 Å². The van der Waals surface area contributed by atoms with Gasteiger partial charge >= 0.3 is 0 Å². The van der Waals surface area contributed by atoms with Crippen molar-refractivity contribution >= 4 is 17.7 Å². The summed E-state index contributed by atoms with van der Waals surface area (Å²) in [6.07, 6.45) is 7.47. The van der Waals surface area contributed by atoms with Crippen molar-refractivity contribution in [1.29, 1.82) is 0 Å². The van der Waals surface area contributed by atoms with Gasteiger partial charge in [-0.25, -0.2) is 0 Å². The number of carbonyl (C=O) groups is 3. The number of nitrogens with zero attached hydrogens (tertiary/aromatic N) is 2. The van der Waals surface area contributed by atoms with E-state index in [0.717, 1.165) is 36.0 Å². The van der Waals surface area contributed by atoms with Crippen LogP contribution in [0.4, 0.5) is 0 Å². The first-order chi connectivity index (χ1) is 22.4. The second-order valence-corrected chi connectivity index (χ2v) is 11.6. The first-order valence-electron chi connectivity index (χ1n) is 15.8. The maximum Gasteiger partial charge on any atom is 0.258 e. The van der Waals surface area contributed by atoms with E-state index in [1.165, 1.54) is 7.11 Å². The number of fused-ring (bicyclic) bond motifs is 9. The number of methoxy groups -OCH3 is 2. The molecule has 1 aromatic heterocycles. The normalized spacial score (nSPS) is 18.8. The lowest BCUT2D eigenvalue weighted by atomic mass is 10.0. The van der Waals surface area contributed by atoms with Crippen LogP contribution >= 0.6 is 0 Å². The molecule has 6 rings (SSSR count). The molecule has 0 spiro atoms. The summed E-state index contributed by atoms with van der Waals surface area (Å²) in [5.41, 5.74) is 2.85. The highest BCUT2D eigenvalue weighted by molar-refractivity contribution is 5.79. The Morgan fingerprint density at radius 3 is 2.70 bits per heavy atom. The molecular weight excluding hydrogens is 588 g/mol. The molecule has 2 atom stereocenters.